The molecular weight excluding hydrogens is 328 g/mol. The second-order valence-corrected chi connectivity index (χ2v) is 5.29. The number of hydrogen-bond donors (Lipinski definition) is 3. The number of carboxylic acids is 1. The molecule has 0 aliphatic carbocycles. The van der Waals surface area contributed by atoms with E-state index in [1.807, 2.05) is 0 Å². The van der Waals surface area contributed by atoms with Gasteiger partial charge in [-0.2, -0.15) is 0 Å². The lowest BCUT2D eigenvalue weighted by Gasteiger charge is -2.08. The number of methoxy groups -OCH3 is 1. The number of phenols is 2. The van der Waals surface area contributed by atoms with Gasteiger partial charge in [0.25, 0.3) is 0 Å². The molecule has 2 rings (SSSR count). The van der Waals surface area contributed by atoms with Gasteiger partial charge < -0.3 is 24.8 Å². The molecule has 0 aromatic heterocycles. The van der Waals surface area contributed by atoms with Gasteiger partial charge in [-0.05, 0) is 42.3 Å². The van der Waals surface area contributed by atoms with E-state index in [2.05, 4.69) is 0 Å². The molecule has 0 aliphatic heterocycles. The molecule has 0 unspecified atom stereocenters. The number of ketones is 1. The van der Waals surface area contributed by atoms with Crippen molar-refractivity contribution >= 4 is 11.8 Å². The predicted molar refractivity (Wildman–Crippen MR) is 88.5 cm³/mol. The van der Waals surface area contributed by atoms with Gasteiger partial charge in [-0.3, -0.25) is 4.79 Å². The van der Waals surface area contributed by atoms with E-state index in [0.717, 1.165) is 5.56 Å². The number of carbonyl (C=O) groups is 2. The number of aromatic hydroxyl groups is 2. The van der Waals surface area contributed by atoms with E-state index < -0.39 is 12.6 Å². The third-order valence-electron chi connectivity index (χ3n) is 3.52. The van der Waals surface area contributed by atoms with Crippen LogP contribution in [0.4, 0.5) is 0 Å². The summed E-state index contributed by atoms with van der Waals surface area (Å²) in [5.74, 6) is -1.30. The lowest BCUT2D eigenvalue weighted by Crippen LogP contribution is -2.09. The molecule has 0 fully saturated rings. The molecule has 2 aromatic rings. The van der Waals surface area contributed by atoms with Crippen molar-refractivity contribution in [1.29, 1.82) is 0 Å². The van der Waals surface area contributed by atoms with Crippen LogP contribution in [0.1, 0.15) is 22.3 Å². The fourth-order valence-corrected chi connectivity index (χ4v) is 2.25. The molecule has 7 heteroatoms. The number of aliphatic carboxylic acids is 1. The van der Waals surface area contributed by atoms with Crippen molar-refractivity contribution in [3.63, 3.8) is 0 Å². The topological polar surface area (TPSA) is 113 Å². The van der Waals surface area contributed by atoms with Gasteiger partial charge in [0, 0.05) is 12.0 Å². The minimum Gasteiger partial charge on any atom is -0.504 e. The number of carboxylic acid groups (broad SMARTS) is 1. The predicted octanol–water partition coefficient (Wildman–Crippen LogP) is 2.39. The molecule has 132 valence electrons. The van der Waals surface area contributed by atoms with Crippen LogP contribution in [-0.2, 0) is 11.2 Å². The molecule has 0 radical (unpaired) electrons. The molecule has 2 aromatic carbocycles. The summed E-state index contributed by atoms with van der Waals surface area (Å²) in [6.45, 7) is -0.582. The van der Waals surface area contributed by atoms with E-state index in [-0.39, 0.29) is 35.0 Å². The number of rotatable bonds is 8. The second-order valence-electron chi connectivity index (χ2n) is 5.29. The van der Waals surface area contributed by atoms with Crippen molar-refractivity contribution in [3.8, 4) is 23.0 Å². The number of ether oxygens (including phenoxy) is 2. The largest absolute Gasteiger partial charge is 0.504 e. The van der Waals surface area contributed by atoms with Crippen LogP contribution in [0.3, 0.4) is 0 Å². The number of benzene rings is 2. The number of Topliss-reactive ketones (excluding diaryl/α,β-unsaturated/α-hetero) is 1. The Morgan fingerprint density at radius 1 is 1.00 bits per heavy atom. The number of phenolic OH excluding ortho intramolecular Hbond substituents is 2. The SMILES string of the molecule is COc1ccc(CCC(=O)c2ccc(OCC(=O)O)c(O)c2)cc1O. The van der Waals surface area contributed by atoms with Crippen LogP contribution < -0.4 is 9.47 Å². The number of aryl methyl sites for hydroxylation is 1. The quantitative estimate of drug-likeness (QED) is 0.629. The first-order valence-electron chi connectivity index (χ1n) is 7.47. The smallest absolute Gasteiger partial charge is 0.341 e. The molecule has 0 bridgehead atoms. The molecule has 0 heterocycles. The van der Waals surface area contributed by atoms with E-state index in [4.69, 9.17) is 14.6 Å². The fourth-order valence-electron chi connectivity index (χ4n) is 2.25. The molecular formula is C18H18O7. The zero-order valence-corrected chi connectivity index (χ0v) is 13.6. The average molecular weight is 346 g/mol. The standard InChI is InChI=1S/C18H18O7/c1-24-16-6-3-11(8-14(16)20)2-5-13(19)12-4-7-17(15(21)9-12)25-10-18(22)23/h3-4,6-9,20-21H,2,5,10H2,1H3,(H,22,23). The Balaban J connectivity index is 1.99. The monoisotopic (exact) mass is 346 g/mol. The van der Waals surface area contributed by atoms with Crippen molar-refractivity contribution in [2.45, 2.75) is 12.8 Å². The van der Waals surface area contributed by atoms with Gasteiger partial charge in [0.2, 0.25) is 0 Å². The molecule has 0 atom stereocenters. The van der Waals surface area contributed by atoms with E-state index in [9.17, 15) is 19.8 Å². The maximum Gasteiger partial charge on any atom is 0.341 e. The van der Waals surface area contributed by atoms with Crippen molar-refractivity contribution in [1.82, 2.24) is 0 Å². The van der Waals surface area contributed by atoms with Gasteiger partial charge in [-0.15, -0.1) is 0 Å². The van der Waals surface area contributed by atoms with Crippen molar-refractivity contribution < 1.29 is 34.4 Å². The lowest BCUT2D eigenvalue weighted by molar-refractivity contribution is -0.139. The Bertz CT molecular complexity index is 783. The van der Waals surface area contributed by atoms with Crippen LogP contribution in [0, 0.1) is 0 Å². The molecule has 0 saturated carbocycles. The van der Waals surface area contributed by atoms with Crippen molar-refractivity contribution in [2.24, 2.45) is 0 Å². The molecule has 7 nitrogen and oxygen atoms in total. The minimum atomic E-state index is -1.16. The highest BCUT2D eigenvalue weighted by atomic mass is 16.5. The Hall–Kier alpha value is -3.22. The van der Waals surface area contributed by atoms with Crippen LogP contribution in [-0.4, -0.2) is 40.8 Å². The van der Waals surface area contributed by atoms with Gasteiger partial charge >= 0.3 is 5.97 Å². The van der Waals surface area contributed by atoms with E-state index >= 15 is 0 Å². The highest BCUT2D eigenvalue weighted by molar-refractivity contribution is 5.96. The first-order chi connectivity index (χ1) is 11.9. The molecule has 0 aliphatic rings. The van der Waals surface area contributed by atoms with Gasteiger partial charge in [0.15, 0.2) is 35.4 Å². The molecule has 0 saturated heterocycles. The molecule has 3 N–H and O–H groups in total. The summed E-state index contributed by atoms with van der Waals surface area (Å²) in [5.41, 5.74) is 1.06. The average Bonchev–Trinajstić information content (AvgIpc) is 2.58. The normalized spacial score (nSPS) is 10.3. The molecule has 25 heavy (non-hydrogen) atoms. The van der Waals surface area contributed by atoms with Crippen LogP contribution >= 0.6 is 0 Å². The van der Waals surface area contributed by atoms with E-state index in [1.54, 1.807) is 12.1 Å². The molecule has 0 amide bonds. The Morgan fingerprint density at radius 3 is 2.28 bits per heavy atom. The number of carbonyl (C=O) groups excluding carboxylic acids is 1. The minimum absolute atomic E-state index is 0.000901. The fraction of sp³-hybridized carbons (Fsp3) is 0.222. The highest BCUT2D eigenvalue weighted by Crippen LogP contribution is 2.29. The first-order valence-corrected chi connectivity index (χ1v) is 7.47. The summed E-state index contributed by atoms with van der Waals surface area (Å²) < 4.78 is 9.86. The Morgan fingerprint density at radius 2 is 1.68 bits per heavy atom. The van der Waals surface area contributed by atoms with Crippen LogP contribution in [0.2, 0.25) is 0 Å². The summed E-state index contributed by atoms with van der Waals surface area (Å²) in [7, 11) is 1.45. The summed E-state index contributed by atoms with van der Waals surface area (Å²) in [4.78, 5) is 22.7. The lowest BCUT2D eigenvalue weighted by atomic mass is 10.0. The zero-order chi connectivity index (χ0) is 18.4. The maximum atomic E-state index is 12.2. The van der Waals surface area contributed by atoms with E-state index in [1.165, 1.54) is 31.4 Å². The summed E-state index contributed by atoms with van der Waals surface area (Å²) in [5, 5.41) is 28.1. The highest BCUT2D eigenvalue weighted by Gasteiger charge is 2.12. The van der Waals surface area contributed by atoms with Crippen molar-refractivity contribution in [3.05, 3.63) is 47.5 Å². The third kappa shape index (κ3) is 4.87. The summed E-state index contributed by atoms with van der Waals surface area (Å²) in [6, 6.07) is 8.97. The number of hydrogen-bond acceptors (Lipinski definition) is 6. The van der Waals surface area contributed by atoms with Crippen LogP contribution in [0.5, 0.6) is 23.0 Å². The first kappa shape index (κ1) is 18.1. The van der Waals surface area contributed by atoms with Gasteiger partial charge in [0.1, 0.15) is 0 Å². The summed E-state index contributed by atoms with van der Waals surface area (Å²) >= 11 is 0. The van der Waals surface area contributed by atoms with Crippen LogP contribution in [0.25, 0.3) is 0 Å². The zero-order valence-electron chi connectivity index (χ0n) is 13.6. The Kier molecular flexibility index (Phi) is 5.84. The maximum absolute atomic E-state index is 12.2. The van der Waals surface area contributed by atoms with Crippen LogP contribution in [0.15, 0.2) is 36.4 Å². The summed E-state index contributed by atoms with van der Waals surface area (Å²) in [6.07, 6.45) is 0.592. The van der Waals surface area contributed by atoms with E-state index in [0.29, 0.717) is 12.2 Å². The third-order valence-corrected chi connectivity index (χ3v) is 3.52. The Labute approximate surface area is 144 Å². The van der Waals surface area contributed by atoms with Gasteiger partial charge in [-0.25, -0.2) is 4.79 Å². The van der Waals surface area contributed by atoms with Crippen molar-refractivity contribution in [2.75, 3.05) is 13.7 Å². The second kappa shape index (κ2) is 8.05. The van der Waals surface area contributed by atoms with Gasteiger partial charge in [-0.1, -0.05) is 6.07 Å². The molecule has 0 spiro atoms. The van der Waals surface area contributed by atoms with Gasteiger partial charge in [0.05, 0.1) is 7.11 Å².